The van der Waals surface area contributed by atoms with Crippen molar-refractivity contribution in [3.05, 3.63) is 98.6 Å². The van der Waals surface area contributed by atoms with Crippen LogP contribution in [-0.4, -0.2) is 40.5 Å². The predicted molar refractivity (Wildman–Crippen MR) is 142 cm³/mol. The largest absolute Gasteiger partial charge is 0.497 e. The Kier molecular flexibility index (Phi) is 8.70. The normalized spacial score (nSPS) is 11.7. The number of hydrogen-bond acceptors (Lipinski definition) is 8. The Labute approximate surface area is 227 Å². The number of rotatable bonds is 11. The molecule has 0 aliphatic heterocycles. The molecular formula is C26H24ClFN4O5S. The van der Waals surface area contributed by atoms with Crippen molar-refractivity contribution in [3.8, 4) is 22.9 Å². The Morgan fingerprint density at radius 3 is 2.53 bits per heavy atom. The van der Waals surface area contributed by atoms with Crippen LogP contribution in [0.3, 0.4) is 0 Å². The third-order valence-electron chi connectivity index (χ3n) is 5.58. The van der Waals surface area contributed by atoms with E-state index in [4.69, 9.17) is 25.8 Å². The fraction of sp³-hybridized carbons (Fsp3) is 0.231. The molecule has 3 aromatic carbocycles. The monoisotopic (exact) mass is 558 g/mol. The quantitative estimate of drug-likeness (QED) is 0.124. The molecule has 0 N–H and O–H groups in total. The van der Waals surface area contributed by atoms with Gasteiger partial charge in [0.25, 0.3) is 0 Å². The van der Waals surface area contributed by atoms with Crippen LogP contribution >= 0.6 is 23.4 Å². The Balaban J connectivity index is 1.64. The highest BCUT2D eigenvalue weighted by atomic mass is 35.5. The zero-order valence-electron chi connectivity index (χ0n) is 20.8. The van der Waals surface area contributed by atoms with Gasteiger partial charge < -0.3 is 14.2 Å². The lowest BCUT2D eigenvalue weighted by molar-refractivity contribution is -0.479. The second-order valence-electron chi connectivity index (χ2n) is 8.14. The summed E-state index contributed by atoms with van der Waals surface area (Å²) >= 11 is 7.74. The molecule has 4 rings (SSSR count). The van der Waals surface area contributed by atoms with Gasteiger partial charge in [-0.05, 0) is 66.6 Å². The van der Waals surface area contributed by atoms with Crippen LogP contribution in [0.25, 0.3) is 5.69 Å². The fourth-order valence-corrected chi connectivity index (χ4v) is 5.20. The Morgan fingerprint density at radius 1 is 1.11 bits per heavy atom. The van der Waals surface area contributed by atoms with Crippen molar-refractivity contribution in [2.45, 2.75) is 23.9 Å². The topological polar surface area (TPSA) is 102 Å². The number of thioether (sulfide) groups is 1. The third-order valence-corrected chi connectivity index (χ3v) is 7.05. The van der Waals surface area contributed by atoms with E-state index in [0.29, 0.717) is 33.6 Å². The highest BCUT2D eigenvalue weighted by Crippen LogP contribution is 2.43. The maximum absolute atomic E-state index is 13.5. The number of nitrogens with zero attached hydrogens (tertiary/aromatic N) is 4. The number of benzene rings is 3. The minimum Gasteiger partial charge on any atom is -0.497 e. The zero-order valence-corrected chi connectivity index (χ0v) is 22.3. The molecule has 0 bridgehead atoms. The molecule has 1 aromatic heterocycles. The molecular weight excluding hydrogens is 535 g/mol. The van der Waals surface area contributed by atoms with E-state index in [1.165, 1.54) is 31.0 Å². The second-order valence-corrected chi connectivity index (χ2v) is 9.71. The van der Waals surface area contributed by atoms with Crippen LogP contribution in [-0.2, 0) is 6.61 Å². The van der Waals surface area contributed by atoms with Gasteiger partial charge in [0.05, 0.1) is 19.2 Å². The van der Waals surface area contributed by atoms with Crippen LogP contribution in [0.15, 0.2) is 65.8 Å². The molecule has 0 aliphatic carbocycles. The number of aromatic nitrogens is 3. The first-order valence-corrected chi connectivity index (χ1v) is 12.6. The third kappa shape index (κ3) is 6.35. The maximum Gasteiger partial charge on any atom is 0.220 e. The SMILES string of the molecule is COc1ccc(-n2c(C)nnc2S[C@@H](C[N+](=O)[O-])c2cc(Cl)c(OCc3cccc(F)c3)c(OC)c2)cc1. The summed E-state index contributed by atoms with van der Waals surface area (Å²) in [4.78, 5) is 11.2. The van der Waals surface area contributed by atoms with E-state index in [2.05, 4.69) is 10.2 Å². The van der Waals surface area contributed by atoms with Crippen LogP contribution < -0.4 is 14.2 Å². The Hall–Kier alpha value is -3.83. The number of halogens is 2. The minimum absolute atomic E-state index is 0.0600. The first-order chi connectivity index (χ1) is 18.3. The summed E-state index contributed by atoms with van der Waals surface area (Å²) in [5.41, 5.74) is 1.95. The molecule has 1 heterocycles. The minimum atomic E-state index is -0.672. The molecule has 4 aromatic rings. The van der Waals surface area contributed by atoms with Crippen molar-refractivity contribution in [2.75, 3.05) is 20.8 Å². The smallest absolute Gasteiger partial charge is 0.220 e. The average molecular weight is 559 g/mol. The average Bonchev–Trinajstić information content (AvgIpc) is 3.26. The summed E-state index contributed by atoms with van der Waals surface area (Å²) in [7, 11) is 3.03. The number of ether oxygens (including phenoxy) is 3. The van der Waals surface area contributed by atoms with Crippen molar-refractivity contribution in [1.82, 2.24) is 14.8 Å². The summed E-state index contributed by atoms with van der Waals surface area (Å²) in [5.74, 6) is 1.49. The van der Waals surface area contributed by atoms with Crippen molar-refractivity contribution in [2.24, 2.45) is 0 Å². The summed E-state index contributed by atoms with van der Waals surface area (Å²) in [5, 5.41) is 20.1. The number of hydrogen-bond donors (Lipinski definition) is 0. The second kappa shape index (κ2) is 12.1. The van der Waals surface area contributed by atoms with Crippen LogP contribution in [0.4, 0.5) is 4.39 Å². The van der Waals surface area contributed by atoms with Crippen molar-refractivity contribution >= 4 is 23.4 Å². The predicted octanol–water partition coefficient (Wildman–Crippen LogP) is 6.07. The van der Waals surface area contributed by atoms with Crippen LogP contribution in [0.2, 0.25) is 5.02 Å². The molecule has 0 saturated heterocycles. The van der Waals surface area contributed by atoms with E-state index in [1.54, 1.807) is 38.3 Å². The molecule has 0 amide bonds. The number of nitro groups is 1. The molecule has 0 unspecified atom stereocenters. The van der Waals surface area contributed by atoms with Gasteiger partial charge in [-0.1, -0.05) is 35.5 Å². The Morgan fingerprint density at radius 2 is 1.87 bits per heavy atom. The molecule has 12 heteroatoms. The van der Waals surface area contributed by atoms with Crippen LogP contribution in [0.5, 0.6) is 17.2 Å². The summed E-state index contributed by atoms with van der Waals surface area (Å²) in [6.07, 6.45) is 0. The molecule has 198 valence electrons. The van der Waals surface area contributed by atoms with Crippen molar-refractivity contribution < 1.29 is 23.5 Å². The van der Waals surface area contributed by atoms with Crippen LogP contribution in [0, 0.1) is 22.9 Å². The zero-order chi connectivity index (χ0) is 27.2. The lowest BCUT2D eigenvalue weighted by atomic mass is 10.1. The van der Waals surface area contributed by atoms with Gasteiger partial charge in [0, 0.05) is 10.6 Å². The van der Waals surface area contributed by atoms with E-state index in [1.807, 2.05) is 28.8 Å². The van der Waals surface area contributed by atoms with Gasteiger partial charge in [-0.3, -0.25) is 14.7 Å². The highest BCUT2D eigenvalue weighted by Gasteiger charge is 2.26. The van der Waals surface area contributed by atoms with E-state index < -0.39 is 16.7 Å². The maximum atomic E-state index is 13.5. The molecule has 38 heavy (non-hydrogen) atoms. The lowest BCUT2D eigenvalue weighted by Gasteiger charge is -2.18. The lowest BCUT2D eigenvalue weighted by Crippen LogP contribution is -2.12. The van der Waals surface area contributed by atoms with Gasteiger partial charge in [0.2, 0.25) is 6.54 Å². The standard InChI is InChI=1S/C26H24ClFN4O5S/c1-16-29-30-26(32(16)20-7-9-21(35-2)10-8-20)38-24(14-31(33)34)18-12-22(27)25(23(13-18)36-3)37-15-17-5-4-6-19(28)11-17/h4-13,24H,14-15H2,1-3H3/t24-/m0/s1. The Bertz CT molecular complexity index is 1430. The van der Waals surface area contributed by atoms with Gasteiger partial charge >= 0.3 is 0 Å². The molecule has 0 radical (unpaired) electrons. The van der Waals surface area contributed by atoms with Gasteiger partial charge in [0.1, 0.15) is 29.2 Å². The number of aryl methyl sites for hydroxylation is 1. The fourth-order valence-electron chi connectivity index (χ4n) is 3.77. The molecule has 0 fully saturated rings. The van der Waals surface area contributed by atoms with E-state index in [0.717, 1.165) is 5.69 Å². The number of methoxy groups -OCH3 is 2. The molecule has 0 spiro atoms. The van der Waals surface area contributed by atoms with Crippen molar-refractivity contribution in [3.63, 3.8) is 0 Å². The van der Waals surface area contributed by atoms with E-state index in [9.17, 15) is 14.5 Å². The molecule has 0 saturated carbocycles. The molecule has 9 nitrogen and oxygen atoms in total. The first kappa shape index (κ1) is 27.2. The summed E-state index contributed by atoms with van der Waals surface area (Å²) < 4.78 is 31.9. The molecule has 1 atom stereocenters. The summed E-state index contributed by atoms with van der Waals surface area (Å²) in [6.45, 7) is 1.46. The van der Waals surface area contributed by atoms with Gasteiger partial charge in [-0.15, -0.1) is 10.2 Å². The highest BCUT2D eigenvalue weighted by molar-refractivity contribution is 7.99. The van der Waals surface area contributed by atoms with Gasteiger partial charge in [-0.2, -0.15) is 0 Å². The van der Waals surface area contributed by atoms with E-state index >= 15 is 0 Å². The van der Waals surface area contributed by atoms with E-state index in [-0.39, 0.29) is 23.2 Å². The van der Waals surface area contributed by atoms with Gasteiger partial charge in [0.15, 0.2) is 16.7 Å². The summed E-state index contributed by atoms with van der Waals surface area (Å²) in [6, 6.07) is 16.6. The van der Waals surface area contributed by atoms with Crippen LogP contribution in [0.1, 0.15) is 22.2 Å². The molecule has 0 aliphatic rings. The first-order valence-electron chi connectivity index (χ1n) is 11.4. The van der Waals surface area contributed by atoms with Gasteiger partial charge in [-0.25, -0.2) is 4.39 Å². The van der Waals surface area contributed by atoms with Crippen molar-refractivity contribution in [1.29, 1.82) is 0 Å².